The average molecular weight is 344 g/mol. The van der Waals surface area contributed by atoms with Gasteiger partial charge >= 0.3 is 0 Å². The first-order chi connectivity index (χ1) is 12.1. The molecule has 4 heteroatoms. The number of carbonyl (C=O) groups is 1. The number of likely N-dealkylation sites (tertiary alicyclic amines) is 1. The van der Waals surface area contributed by atoms with E-state index in [0.717, 1.165) is 37.9 Å². The molecule has 0 radical (unpaired) electrons. The van der Waals surface area contributed by atoms with Gasteiger partial charge in [0, 0.05) is 6.04 Å². The molecule has 0 bridgehead atoms. The largest absolute Gasteiger partial charge is 0.388 e. The molecule has 2 aliphatic rings. The van der Waals surface area contributed by atoms with Gasteiger partial charge in [-0.05, 0) is 56.2 Å². The number of nitrogens with zero attached hydrogens (tertiary/aromatic N) is 1. The lowest BCUT2D eigenvalue weighted by Gasteiger charge is -2.35. The number of aliphatic hydroxyl groups is 1. The summed E-state index contributed by atoms with van der Waals surface area (Å²) in [6.07, 6.45) is 6.39. The molecule has 4 nitrogen and oxygen atoms in total. The van der Waals surface area contributed by atoms with E-state index in [-0.39, 0.29) is 12.0 Å². The monoisotopic (exact) mass is 344 g/mol. The number of amides is 1. The van der Waals surface area contributed by atoms with Crippen LogP contribution in [-0.4, -0.2) is 41.6 Å². The van der Waals surface area contributed by atoms with Crippen molar-refractivity contribution in [1.82, 2.24) is 10.2 Å². The third kappa shape index (κ3) is 5.05. The van der Waals surface area contributed by atoms with Crippen LogP contribution in [0.3, 0.4) is 0 Å². The third-order valence-corrected chi connectivity index (χ3v) is 6.04. The Balaban J connectivity index is 1.42. The number of rotatable bonds is 5. The summed E-state index contributed by atoms with van der Waals surface area (Å²) in [5.41, 5.74) is 1.00. The van der Waals surface area contributed by atoms with Crippen molar-refractivity contribution in [3.05, 3.63) is 35.9 Å². The molecule has 2 N–H and O–H groups in total. The number of hydrogen-bond donors (Lipinski definition) is 2. The Bertz CT molecular complexity index is 540. The van der Waals surface area contributed by atoms with Crippen LogP contribution in [0.15, 0.2) is 30.3 Å². The molecule has 1 amide bonds. The highest BCUT2D eigenvalue weighted by molar-refractivity contribution is 5.78. The van der Waals surface area contributed by atoms with Gasteiger partial charge in [0.2, 0.25) is 5.91 Å². The molecule has 1 aromatic rings. The van der Waals surface area contributed by atoms with Crippen LogP contribution < -0.4 is 5.32 Å². The van der Waals surface area contributed by atoms with E-state index in [1.807, 2.05) is 30.3 Å². The molecule has 1 saturated carbocycles. The first kappa shape index (κ1) is 18.4. The minimum absolute atomic E-state index is 0.167. The first-order valence-electron chi connectivity index (χ1n) is 9.88. The maximum atomic E-state index is 12.4. The number of piperidine rings is 1. The molecular weight excluding hydrogens is 312 g/mol. The van der Waals surface area contributed by atoms with E-state index in [2.05, 4.69) is 17.1 Å². The van der Waals surface area contributed by atoms with Crippen LogP contribution in [0, 0.1) is 11.8 Å². The van der Waals surface area contributed by atoms with Crippen molar-refractivity contribution in [2.45, 2.75) is 57.6 Å². The summed E-state index contributed by atoms with van der Waals surface area (Å²) in [5, 5.41) is 13.8. The van der Waals surface area contributed by atoms with E-state index in [9.17, 15) is 9.90 Å². The van der Waals surface area contributed by atoms with Crippen molar-refractivity contribution < 1.29 is 9.90 Å². The first-order valence-corrected chi connectivity index (χ1v) is 9.88. The van der Waals surface area contributed by atoms with E-state index >= 15 is 0 Å². The zero-order valence-electron chi connectivity index (χ0n) is 15.4. The predicted molar refractivity (Wildman–Crippen MR) is 100 cm³/mol. The molecular formula is C21H32N2O2. The highest BCUT2D eigenvalue weighted by atomic mass is 16.3. The van der Waals surface area contributed by atoms with Crippen LogP contribution in [0.4, 0.5) is 0 Å². The summed E-state index contributed by atoms with van der Waals surface area (Å²) in [7, 11) is 0. The van der Waals surface area contributed by atoms with Gasteiger partial charge in [0.15, 0.2) is 0 Å². The van der Waals surface area contributed by atoms with Gasteiger partial charge in [-0.3, -0.25) is 9.69 Å². The molecule has 1 heterocycles. The van der Waals surface area contributed by atoms with Crippen LogP contribution in [0.2, 0.25) is 0 Å². The van der Waals surface area contributed by atoms with Gasteiger partial charge < -0.3 is 10.4 Å². The zero-order valence-corrected chi connectivity index (χ0v) is 15.4. The molecule has 3 rings (SSSR count). The quantitative estimate of drug-likeness (QED) is 0.863. The number of carbonyl (C=O) groups excluding carboxylic acids is 1. The Hall–Kier alpha value is -1.39. The maximum Gasteiger partial charge on any atom is 0.234 e. The molecule has 1 saturated heterocycles. The average Bonchev–Trinajstić information content (AvgIpc) is 2.64. The van der Waals surface area contributed by atoms with Gasteiger partial charge in [-0.2, -0.15) is 0 Å². The third-order valence-electron chi connectivity index (χ3n) is 6.04. The van der Waals surface area contributed by atoms with Crippen molar-refractivity contribution in [3.8, 4) is 0 Å². The SMILES string of the molecule is C[C@@H]1CCCC[C@@H]1NC(=O)CN1CCC([C@H](O)c2ccccc2)CC1. The summed E-state index contributed by atoms with van der Waals surface area (Å²) in [5.74, 6) is 1.06. The van der Waals surface area contributed by atoms with Crippen LogP contribution in [-0.2, 0) is 4.79 Å². The zero-order chi connectivity index (χ0) is 17.6. The van der Waals surface area contributed by atoms with Crippen molar-refractivity contribution in [2.75, 3.05) is 19.6 Å². The lowest BCUT2D eigenvalue weighted by Crippen LogP contribution is -2.47. The summed E-state index contributed by atoms with van der Waals surface area (Å²) in [6.45, 7) is 4.53. The van der Waals surface area contributed by atoms with Crippen LogP contribution in [0.25, 0.3) is 0 Å². The second-order valence-electron chi connectivity index (χ2n) is 7.90. The standard InChI is InChI=1S/C21H32N2O2/c1-16-7-5-6-10-19(16)22-20(24)15-23-13-11-18(12-14-23)21(25)17-8-3-2-4-9-17/h2-4,8-9,16,18-19,21,25H,5-7,10-15H2,1H3,(H,22,24)/t16-,19+,21-/m1/s1. The van der Waals surface area contributed by atoms with Gasteiger partial charge in [-0.25, -0.2) is 0 Å². The smallest absolute Gasteiger partial charge is 0.234 e. The van der Waals surface area contributed by atoms with Gasteiger partial charge in [0.1, 0.15) is 0 Å². The fourth-order valence-electron chi connectivity index (χ4n) is 4.34. The summed E-state index contributed by atoms with van der Waals surface area (Å²) >= 11 is 0. The summed E-state index contributed by atoms with van der Waals surface area (Å²) in [6, 6.07) is 10.3. The Morgan fingerprint density at radius 1 is 1.16 bits per heavy atom. The fraction of sp³-hybridized carbons (Fsp3) is 0.667. The second kappa shape index (κ2) is 8.81. The van der Waals surface area contributed by atoms with E-state index < -0.39 is 0 Å². The molecule has 1 aliphatic carbocycles. The highest BCUT2D eigenvalue weighted by Crippen LogP contribution is 2.30. The van der Waals surface area contributed by atoms with Crippen LogP contribution >= 0.6 is 0 Å². The van der Waals surface area contributed by atoms with Crippen molar-refractivity contribution in [1.29, 1.82) is 0 Å². The lowest BCUT2D eigenvalue weighted by molar-refractivity contribution is -0.124. The Morgan fingerprint density at radius 3 is 2.52 bits per heavy atom. The van der Waals surface area contributed by atoms with E-state index in [1.165, 1.54) is 19.3 Å². The minimum Gasteiger partial charge on any atom is -0.388 e. The second-order valence-corrected chi connectivity index (χ2v) is 7.90. The van der Waals surface area contributed by atoms with Gasteiger partial charge in [-0.15, -0.1) is 0 Å². The molecule has 0 unspecified atom stereocenters. The normalized spacial score (nSPS) is 27.0. The fourth-order valence-corrected chi connectivity index (χ4v) is 4.34. The van der Waals surface area contributed by atoms with E-state index in [1.54, 1.807) is 0 Å². The molecule has 2 fully saturated rings. The topological polar surface area (TPSA) is 52.6 Å². The number of nitrogens with one attached hydrogen (secondary N) is 1. The molecule has 25 heavy (non-hydrogen) atoms. The summed E-state index contributed by atoms with van der Waals surface area (Å²) in [4.78, 5) is 14.6. The predicted octanol–water partition coefficient (Wildman–Crippen LogP) is 3.13. The molecule has 138 valence electrons. The molecule has 1 aromatic carbocycles. The highest BCUT2D eigenvalue weighted by Gasteiger charge is 2.28. The number of aliphatic hydroxyl groups excluding tert-OH is 1. The molecule has 3 atom stereocenters. The molecule has 0 spiro atoms. The van der Waals surface area contributed by atoms with Crippen molar-refractivity contribution >= 4 is 5.91 Å². The van der Waals surface area contributed by atoms with E-state index in [0.29, 0.717) is 24.4 Å². The number of benzene rings is 1. The van der Waals surface area contributed by atoms with Gasteiger partial charge in [-0.1, -0.05) is 50.1 Å². The molecule has 0 aromatic heterocycles. The Morgan fingerprint density at radius 2 is 1.84 bits per heavy atom. The maximum absolute atomic E-state index is 12.4. The molecule has 1 aliphatic heterocycles. The minimum atomic E-state index is -0.389. The van der Waals surface area contributed by atoms with Gasteiger partial charge in [0.25, 0.3) is 0 Å². The van der Waals surface area contributed by atoms with Crippen molar-refractivity contribution in [2.24, 2.45) is 11.8 Å². The van der Waals surface area contributed by atoms with Crippen molar-refractivity contribution in [3.63, 3.8) is 0 Å². The van der Waals surface area contributed by atoms with Crippen LogP contribution in [0.5, 0.6) is 0 Å². The summed E-state index contributed by atoms with van der Waals surface area (Å²) < 4.78 is 0. The number of hydrogen-bond acceptors (Lipinski definition) is 3. The van der Waals surface area contributed by atoms with E-state index in [4.69, 9.17) is 0 Å². The van der Waals surface area contributed by atoms with Gasteiger partial charge in [0.05, 0.1) is 12.6 Å². The van der Waals surface area contributed by atoms with Crippen LogP contribution in [0.1, 0.15) is 57.1 Å². The lowest BCUT2D eigenvalue weighted by atomic mass is 9.86. The Kier molecular flexibility index (Phi) is 6.49. The Labute approximate surface area is 151 Å².